The molecular weight excluding hydrogens is 218 g/mol. The molecule has 2 amide bonds. The van der Waals surface area contributed by atoms with Gasteiger partial charge in [-0.2, -0.15) is 0 Å². The fourth-order valence-electron chi connectivity index (χ4n) is 2.27. The van der Waals surface area contributed by atoms with Crippen molar-refractivity contribution in [2.45, 2.75) is 51.0 Å². The summed E-state index contributed by atoms with van der Waals surface area (Å²) in [6.07, 6.45) is 8.93. The molecule has 0 spiro atoms. The third kappa shape index (κ3) is 3.47. The zero-order valence-electron chi connectivity index (χ0n) is 9.92. The van der Waals surface area contributed by atoms with Gasteiger partial charge in [-0.05, 0) is 18.9 Å². The molecule has 5 heteroatoms. The minimum atomic E-state index is -0.115. The van der Waals surface area contributed by atoms with Crippen molar-refractivity contribution < 1.29 is 9.59 Å². The Morgan fingerprint density at radius 2 is 1.88 bits per heavy atom. The second kappa shape index (κ2) is 5.70. The molecule has 3 N–H and O–H groups in total. The number of nitrogens with one attached hydrogen (secondary N) is 3. The summed E-state index contributed by atoms with van der Waals surface area (Å²) in [5.74, 6) is -0.229. The number of amides is 2. The van der Waals surface area contributed by atoms with Gasteiger partial charge >= 0.3 is 0 Å². The highest BCUT2D eigenvalue weighted by Crippen LogP contribution is 2.17. The molecule has 94 valence electrons. The molecule has 1 fully saturated rings. The Balaban J connectivity index is 1.85. The van der Waals surface area contributed by atoms with Crippen LogP contribution in [0.5, 0.6) is 0 Å². The molecule has 0 aromatic rings. The van der Waals surface area contributed by atoms with Crippen LogP contribution in [0.15, 0.2) is 11.8 Å². The lowest BCUT2D eigenvalue weighted by Gasteiger charge is -2.20. The normalized spacial score (nSPS) is 21.9. The van der Waals surface area contributed by atoms with E-state index >= 15 is 0 Å². The summed E-state index contributed by atoms with van der Waals surface area (Å²) in [5, 5.41) is 3.02. The predicted octanol–water partition coefficient (Wildman–Crippen LogP) is 0.734. The molecule has 17 heavy (non-hydrogen) atoms. The average molecular weight is 237 g/mol. The molecule has 1 saturated carbocycles. The van der Waals surface area contributed by atoms with Crippen LogP contribution >= 0.6 is 0 Å². The summed E-state index contributed by atoms with van der Waals surface area (Å²) in [5.41, 5.74) is 5.52. The highest BCUT2D eigenvalue weighted by molar-refractivity contribution is 5.95. The second-order valence-electron chi connectivity index (χ2n) is 4.66. The van der Waals surface area contributed by atoms with Gasteiger partial charge in [-0.15, -0.1) is 0 Å². The lowest BCUT2D eigenvalue weighted by molar-refractivity contribution is -0.122. The fraction of sp³-hybridized carbons (Fsp3) is 0.667. The van der Waals surface area contributed by atoms with Gasteiger partial charge in [-0.1, -0.05) is 25.7 Å². The smallest absolute Gasteiger partial charge is 0.269 e. The molecule has 0 atom stereocenters. The Morgan fingerprint density at radius 3 is 2.47 bits per heavy atom. The van der Waals surface area contributed by atoms with E-state index in [0.29, 0.717) is 5.70 Å². The Labute approximate surface area is 101 Å². The van der Waals surface area contributed by atoms with Crippen LogP contribution in [-0.2, 0) is 9.59 Å². The number of hydrogen-bond donors (Lipinski definition) is 3. The Bertz CT molecular complexity index is 331. The van der Waals surface area contributed by atoms with Gasteiger partial charge in [0.05, 0.1) is 0 Å². The van der Waals surface area contributed by atoms with Gasteiger partial charge < -0.3 is 5.32 Å². The highest BCUT2D eigenvalue weighted by atomic mass is 16.2. The topological polar surface area (TPSA) is 70.2 Å². The van der Waals surface area contributed by atoms with Crippen LogP contribution in [-0.4, -0.2) is 17.9 Å². The van der Waals surface area contributed by atoms with Crippen molar-refractivity contribution in [1.29, 1.82) is 0 Å². The van der Waals surface area contributed by atoms with E-state index in [2.05, 4.69) is 16.2 Å². The van der Waals surface area contributed by atoms with Crippen LogP contribution in [0.2, 0.25) is 0 Å². The lowest BCUT2D eigenvalue weighted by atomic mass is 10.1. The van der Waals surface area contributed by atoms with E-state index in [-0.39, 0.29) is 24.3 Å². The van der Waals surface area contributed by atoms with Crippen molar-refractivity contribution in [2.24, 2.45) is 0 Å². The van der Waals surface area contributed by atoms with Gasteiger partial charge in [0.2, 0.25) is 5.91 Å². The van der Waals surface area contributed by atoms with Crippen LogP contribution in [0.3, 0.4) is 0 Å². The highest BCUT2D eigenvalue weighted by Gasteiger charge is 2.19. The first-order valence-corrected chi connectivity index (χ1v) is 6.31. The number of hydrazine groups is 1. The summed E-state index contributed by atoms with van der Waals surface area (Å²) in [7, 11) is 0. The summed E-state index contributed by atoms with van der Waals surface area (Å²) in [6, 6.07) is 0.283. The summed E-state index contributed by atoms with van der Waals surface area (Å²) < 4.78 is 0. The summed E-state index contributed by atoms with van der Waals surface area (Å²) in [6.45, 7) is 0. The minimum Gasteiger partial charge on any atom is -0.348 e. The van der Waals surface area contributed by atoms with E-state index in [1.54, 1.807) is 6.08 Å². The Hall–Kier alpha value is -1.52. The molecule has 1 heterocycles. The lowest BCUT2D eigenvalue weighted by Crippen LogP contribution is -2.46. The van der Waals surface area contributed by atoms with Gasteiger partial charge in [0.25, 0.3) is 5.91 Å². The predicted molar refractivity (Wildman–Crippen MR) is 63.6 cm³/mol. The molecule has 2 aliphatic rings. The van der Waals surface area contributed by atoms with Gasteiger partial charge in [0, 0.05) is 12.5 Å². The maximum atomic E-state index is 11.9. The van der Waals surface area contributed by atoms with E-state index < -0.39 is 0 Å². The number of carbonyl (C=O) groups is 2. The summed E-state index contributed by atoms with van der Waals surface area (Å²) >= 11 is 0. The molecule has 5 nitrogen and oxygen atoms in total. The monoisotopic (exact) mass is 237 g/mol. The van der Waals surface area contributed by atoms with Crippen molar-refractivity contribution in [3.63, 3.8) is 0 Å². The Kier molecular flexibility index (Phi) is 4.01. The van der Waals surface area contributed by atoms with E-state index in [1.807, 2.05) is 0 Å². The fourth-order valence-corrected chi connectivity index (χ4v) is 2.27. The minimum absolute atomic E-state index is 0.114. The third-order valence-electron chi connectivity index (χ3n) is 3.26. The molecule has 0 radical (unpaired) electrons. The molecule has 0 unspecified atom stereocenters. The van der Waals surface area contributed by atoms with E-state index in [9.17, 15) is 9.59 Å². The van der Waals surface area contributed by atoms with Crippen molar-refractivity contribution in [3.05, 3.63) is 11.8 Å². The van der Waals surface area contributed by atoms with E-state index in [0.717, 1.165) is 12.8 Å². The number of carbonyl (C=O) groups excluding carboxylic acids is 2. The van der Waals surface area contributed by atoms with Crippen LogP contribution in [0, 0.1) is 0 Å². The van der Waals surface area contributed by atoms with Crippen LogP contribution in [0.25, 0.3) is 0 Å². The van der Waals surface area contributed by atoms with Gasteiger partial charge in [-0.25, -0.2) is 0 Å². The van der Waals surface area contributed by atoms with Crippen molar-refractivity contribution >= 4 is 11.8 Å². The first-order valence-electron chi connectivity index (χ1n) is 6.31. The third-order valence-corrected chi connectivity index (χ3v) is 3.26. The number of rotatable bonds is 2. The molecule has 0 saturated heterocycles. The van der Waals surface area contributed by atoms with Crippen LogP contribution < -0.4 is 16.2 Å². The van der Waals surface area contributed by atoms with E-state index in [4.69, 9.17) is 0 Å². The molecule has 0 aromatic carbocycles. The van der Waals surface area contributed by atoms with Crippen molar-refractivity contribution in [3.8, 4) is 0 Å². The standard InChI is InChI=1S/C12H19N3O2/c16-11-8-7-10(14-15-11)12(17)13-9-5-3-1-2-4-6-9/h7,9,14H,1-6,8H2,(H,13,17)(H,15,16). The number of hydrogen-bond acceptors (Lipinski definition) is 3. The maximum Gasteiger partial charge on any atom is 0.269 e. The van der Waals surface area contributed by atoms with Crippen molar-refractivity contribution in [1.82, 2.24) is 16.2 Å². The Morgan fingerprint density at radius 1 is 1.18 bits per heavy atom. The SMILES string of the molecule is O=C1CC=C(C(=O)NC2CCCCCC2)NN1. The molecule has 1 aliphatic carbocycles. The van der Waals surface area contributed by atoms with Crippen LogP contribution in [0.1, 0.15) is 44.9 Å². The van der Waals surface area contributed by atoms with Crippen molar-refractivity contribution in [2.75, 3.05) is 0 Å². The zero-order valence-corrected chi connectivity index (χ0v) is 9.92. The average Bonchev–Trinajstić information content (AvgIpc) is 2.58. The first-order chi connectivity index (χ1) is 8.25. The molecule has 2 rings (SSSR count). The molecular formula is C12H19N3O2. The quantitative estimate of drug-likeness (QED) is 0.620. The van der Waals surface area contributed by atoms with Gasteiger partial charge in [0.1, 0.15) is 5.70 Å². The maximum absolute atomic E-state index is 11.9. The molecule has 1 aliphatic heterocycles. The molecule has 0 aromatic heterocycles. The zero-order chi connectivity index (χ0) is 12.1. The van der Waals surface area contributed by atoms with Gasteiger partial charge in [0.15, 0.2) is 0 Å². The van der Waals surface area contributed by atoms with Crippen LogP contribution in [0.4, 0.5) is 0 Å². The van der Waals surface area contributed by atoms with E-state index in [1.165, 1.54) is 25.7 Å². The largest absolute Gasteiger partial charge is 0.348 e. The first kappa shape index (κ1) is 12.0. The summed E-state index contributed by atoms with van der Waals surface area (Å²) in [4.78, 5) is 22.8. The molecule has 0 bridgehead atoms. The van der Waals surface area contributed by atoms with Gasteiger partial charge in [-0.3, -0.25) is 20.4 Å². The second-order valence-corrected chi connectivity index (χ2v) is 4.66.